The third-order valence-corrected chi connectivity index (χ3v) is 7.09. The van der Waals surface area contributed by atoms with Crippen LogP contribution in [0.25, 0.3) is 16.8 Å². The van der Waals surface area contributed by atoms with Crippen molar-refractivity contribution in [3.8, 4) is 5.82 Å². The Kier molecular flexibility index (Phi) is 4.29. The van der Waals surface area contributed by atoms with Crippen molar-refractivity contribution in [2.45, 2.75) is 51.9 Å². The number of morpholine rings is 1. The number of anilines is 1. The van der Waals surface area contributed by atoms with E-state index in [1.54, 1.807) is 30.3 Å². The van der Waals surface area contributed by atoms with E-state index in [1.165, 1.54) is 4.68 Å². The molecule has 2 amide bonds. The summed E-state index contributed by atoms with van der Waals surface area (Å²) in [5.41, 5.74) is 0.00993. The summed E-state index contributed by atoms with van der Waals surface area (Å²) in [5.74, 6) is -2.10. The van der Waals surface area contributed by atoms with Gasteiger partial charge in [0.2, 0.25) is 23.2 Å². The largest absolute Gasteiger partial charge is 0.372 e. The van der Waals surface area contributed by atoms with Crippen molar-refractivity contribution in [1.82, 2.24) is 20.3 Å². The molecule has 11 heteroatoms. The number of benzene rings is 1. The maximum absolute atomic E-state index is 16.0. The van der Waals surface area contributed by atoms with E-state index >= 15 is 4.39 Å². The van der Waals surface area contributed by atoms with Gasteiger partial charge in [-0.15, -0.1) is 0 Å². The molecule has 2 aromatic heterocycles. The Bertz CT molecular complexity index is 1370. The van der Waals surface area contributed by atoms with Gasteiger partial charge < -0.3 is 14.2 Å². The number of nitrogens with one attached hydrogen (secondary N) is 1. The summed E-state index contributed by atoms with van der Waals surface area (Å²) in [6.45, 7) is 5.75. The number of rotatable bonds is 1. The Labute approximate surface area is 193 Å². The van der Waals surface area contributed by atoms with Crippen molar-refractivity contribution in [2.75, 3.05) is 11.4 Å². The molecule has 3 aliphatic rings. The van der Waals surface area contributed by atoms with Crippen molar-refractivity contribution in [3.05, 3.63) is 35.4 Å². The third-order valence-electron chi connectivity index (χ3n) is 7.09. The van der Waals surface area contributed by atoms with Crippen molar-refractivity contribution in [3.63, 3.8) is 0 Å². The van der Waals surface area contributed by atoms with Gasteiger partial charge in [-0.05, 0) is 44.4 Å². The number of aryl methyl sites for hydroxylation is 1. The molecule has 34 heavy (non-hydrogen) atoms. The van der Waals surface area contributed by atoms with Gasteiger partial charge in [-0.25, -0.2) is 9.07 Å². The zero-order chi connectivity index (χ0) is 23.9. The van der Waals surface area contributed by atoms with Gasteiger partial charge in [-0.1, -0.05) is 5.16 Å². The number of Topliss-reactive ketones (excluding diaryl/α,β-unsaturated/α-hetero) is 1. The van der Waals surface area contributed by atoms with Crippen LogP contribution < -0.4 is 10.2 Å². The number of hydrogen-bond donors (Lipinski definition) is 1. The molecule has 176 valence electrons. The highest BCUT2D eigenvalue weighted by atomic mass is 19.1. The number of carbonyl (C=O) groups is 3. The summed E-state index contributed by atoms with van der Waals surface area (Å²) in [5, 5.41) is 11.0. The van der Waals surface area contributed by atoms with Crippen LogP contribution in [0.15, 0.2) is 23.0 Å². The number of amides is 2. The van der Waals surface area contributed by atoms with E-state index in [1.807, 2.05) is 13.8 Å². The zero-order valence-electron chi connectivity index (χ0n) is 18.8. The minimum atomic E-state index is -1.58. The molecule has 3 aliphatic heterocycles. The van der Waals surface area contributed by atoms with E-state index in [9.17, 15) is 14.4 Å². The number of carbonyl (C=O) groups excluding carboxylic acids is 3. The first kappa shape index (κ1) is 21.0. The normalized spacial score (nSPS) is 28.9. The van der Waals surface area contributed by atoms with E-state index in [2.05, 4.69) is 15.6 Å². The van der Waals surface area contributed by atoms with Crippen molar-refractivity contribution in [2.24, 2.45) is 5.41 Å². The summed E-state index contributed by atoms with van der Waals surface area (Å²) < 4.78 is 28.9. The molecular formula is C23H22FN5O5. The molecule has 0 radical (unpaired) electrons. The quantitative estimate of drug-likeness (QED) is 0.423. The molecule has 0 saturated carbocycles. The molecule has 2 saturated heterocycles. The second-order valence-electron chi connectivity index (χ2n) is 9.42. The molecule has 3 aromatic rings. The predicted molar refractivity (Wildman–Crippen MR) is 116 cm³/mol. The Morgan fingerprint density at radius 2 is 2.06 bits per heavy atom. The molecule has 2 fully saturated rings. The van der Waals surface area contributed by atoms with Crippen LogP contribution in [0.4, 0.5) is 10.1 Å². The van der Waals surface area contributed by atoms with Gasteiger partial charge in [-0.3, -0.25) is 19.7 Å². The maximum atomic E-state index is 16.0. The SMILES string of the molecule is Cc1cnn(-c2noc3c(F)c4c(cc23)CC2(C(=O)CC(=O)NC2=O)[C@H]2[C@H](C)O[C@H](C)CN42)c1. The fraction of sp³-hybridized carbons (Fsp3) is 0.435. The molecule has 5 heterocycles. The molecule has 1 unspecified atom stereocenters. The average Bonchev–Trinajstić information content (AvgIpc) is 3.37. The standard InChI is InChI=1S/C23H22FN5O5/c1-10-7-25-29(8-10)21-14-4-13-6-23(15(30)5-16(31)26-22(23)32)20-12(3)33-11(2)9-28(20)18(13)17(24)19(14)34-27-21/h4,7-8,11-12,20H,5-6,9H2,1-3H3,(H,26,31,32)/t11-,12+,20-,23?/m1/s1. The first-order chi connectivity index (χ1) is 16.2. The van der Waals surface area contributed by atoms with E-state index in [4.69, 9.17) is 9.26 Å². The Morgan fingerprint density at radius 1 is 1.26 bits per heavy atom. The zero-order valence-corrected chi connectivity index (χ0v) is 18.8. The van der Waals surface area contributed by atoms with Gasteiger partial charge in [0.15, 0.2) is 11.6 Å². The molecular weight excluding hydrogens is 445 g/mol. The lowest BCUT2D eigenvalue weighted by atomic mass is 9.63. The van der Waals surface area contributed by atoms with E-state index < -0.39 is 47.4 Å². The lowest BCUT2D eigenvalue weighted by Gasteiger charge is -2.55. The van der Waals surface area contributed by atoms with Gasteiger partial charge in [0.25, 0.3) is 0 Å². The van der Waals surface area contributed by atoms with Crippen molar-refractivity contribution < 1.29 is 28.0 Å². The number of aromatic nitrogens is 3. The van der Waals surface area contributed by atoms with Crippen LogP contribution in [-0.4, -0.2) is 57.3 Å². The minimum Gasteiger partial charge on any atom is -0.372 e. The fourth-order valence-electron chi connectivity index (χ4n) is 5.83. The summed E-state index contributed by atoms with van der Waals surface area (Å²) in [6.07, 6.45) is 2.06. The number of hydrogen-bond acceptors (Lipinski definition) is 8. The molecule has 0 bridgehead atoms. The Hall–Kier alpha value is -3.60. The van der Waals surface area contributed by atoms with Crippen LogP contribution in [0.3, 0.4) is 0 Å². The molecule has 1 spiro atoms. The number of halogens is 1. The first-order valence-corrected chi connectivity index (χ1v) is 11.1. The number of ether oxygens (including phenoxy) is 1. The first-order valence-electron chi connectivity index (χ1n) is 11.1. The molecule has 0 aliphatic carbocycles. The molecule has 4 atom stereocenters. The highest BCUT2D eigenvalue weighted by Gasteiger charge is 2.62. The van der Waals surface area contributed by atoms with E-state index in [-0.39, 0.29) is 30.3 Å². The summed E-state index contributed by atoms with van der Waals surface area (Å²) >= 11 is 0. The second-order valence-corrected chi connectivity index (χ2v) is 9.42. The van der Waals surface area contributed by atoms with Crippen LogP contribution in [0, 0.1) is 18.2 Å². The highest BCUT2D eigenvalue weighted by molar-refractivity contribution is 6.22. The number of fused-ring (bicyclic) bond motifs is 5. The van der Waals surface area contributed by atoms with E-state index in [0.717, 1.165) is 5.56 Å². The van der Waals surface area contributed by atoms with Crippen LogP contribution in [0.5, 0.6) is 0 Å². The van der Waals surface area contributed by atoms with E-state index in [0.29, 0.717) is 16.8 Å². The van der Waals surface area contributed by atoms with Gasteiger partial charge in [-0.2, -0.15) is 5.10 Å². The summed E-state index contributed by atoms with van der Waals surface area (Å²) in [4.78, 5) is 40.4. The fourth-order valence-corrected chi connectivity index (χ4v) is 5.83. The highest BCUT2D eigenvalue weighted by Crippen LogP contribution is 2.50. The number of piperidine rings is 1. The summed E-state index contributed by atoms with van der Waals surface area (Å²) in [6, 6.07) is 0.927. The average molecular weight is 467 g/mol. The smallest absolute Gasteiger partial charge is 0.242 e. The van der Waals surface area contributed by atoms with Crippen molar-refractivity contribution in [1.29, 1.82) is 0 Å². The lowest BCUT2D eigenvalue weighted by Crippen LogP contribution is -2.72. The lowest BCUT2D eigenvalue weighted by molar-refractivity contribution is -0.158. The Morgan fingerprint density at radius 3 is 2.76 bits per heavy atom. The third kappa shape index (κ3) is 2.67. The van der Waals surface area contributed by atoms with Crippen molar-refractivity contribution >= 4 is 34.3 Å². The Balaban J connectivity index is 1.60. The van der Waals surface area contributed by atoms with Gasteiger partial charge in [0.05, 0.1) is 41.9 Å². The van der Waals surface area contributed by atoms with Crippen LogP contribution >= 0.6 is 0 Å². The molecule has 10 nitrogen and oxygen atoms in total. The number of ketones is 1. The topological polar surface area (TPSA) is 120 Å². The molecule has 1 N–H and O–H groups in total. The van der Waals surface area contributed by atoms with Gasteiger partial charge >= 0.3 is 0 Å². The number of nitrogens with zero attached hydrogens (tertiary/aromatic N) is 4. The monoisotopic (exact) mass is 467 g/mol. The van der Waals surface area contributed by atoms with Gasteiger partial charge in [0, 0.05) is 12.7 Å². The summed E-state index contributed by atoms with van der Waals surface area (Å²) in [7, 11) is 0. The minimum absolute atomic E-state index is 0.0296. The van der Waals surface area contributed by atoms with Crippen LogP contribution in [-0.2, 0) is 25.5 Å². The van der Waals surface area contributed by atoms with Crippen LogP contribution in [0.2, 0.25) is 0 Å². The maximum Gasteiger partial charge on any atom is 0.242 e. The predicted octanol–water partition coefficient (Wildman–Crippen LogP) is 1.60. The number of imide groups is 1. The second kappa shape index (κ2) is 6.95. The molecule has 6 rings (SSSR count). The van der Waals surface area contributed by atoms with Gasteiger partial charge in [0.1, 0.15) is 5.41 Å². The van der Waals surface area contributed by atoms with Crippen LogP contribution in [0.1, 0.15) is 31.4 Å². The molecule has 1 aromatic carbocycles.